The maximum atomic E-state index is 11.4. The van der Waals surface area contributed by atoms with Crippen molar-refractivity contribution in [1.29, 1.82) is 0 Å². The van der Waals surface area contributed by atoms with Crippen LogP contribution in [0.15, 0.2) is 24.3 Å². The molecule has 94 valence electrons. The fourth-order valence-corrected chi connectivity index (χ4v) is 1.95. The summed E-state index contributed by atoms with van der Waals surface area (Å²) in [5.74, 6) is -0.259. The smallest absolute Gasteiger partial charge is 0.306 e. The van der Waals surface area contributed by atoms with Gasteiger partial charge >= 0.3 is 5.97 Å². The van der Waals surface area contributed by atoms with Gasteiger partial charge in [0, 0.05) is 11.5 Å². The van der Waals surface area contributed by atoms with Crippen LogP contribution in [0.25, 0.3) is 0 Å². The molecular weight excluding hydrogens is 214 g/mol. The van der Waals surface area contributed by atoms with Gasteiger partial charge in [-0.1, -0.05) is 29.8 Å². The highest BCUT2D eigenvalue weighted by Crippen LogP contribution is 2.30. The molecule has 1 atom stereocenters. The molecule has 0 heterocycles. The number of rotatable bonds is 4. The Morgan fingerprint density at radius 1 is 1.47 bits per heavy atom. The molecule has 0 saturated carbocycles. The van der Waals surface area contributed by atoms with Crippen LogP contribution >= 0.6 is 0 Å². The molecule has 3 heteroatoms. The van der Waals surface area contributed by atoms with Gasteiger partial charge in [-0.05, 0) is 26.3 Å². The first-order valence-electron chi connectivity index (χ1n) is 5.77. The van der Waals surface area contributed by atoms with Gasteiger partial charge < -0.3 is 10.5 Å². The van der Waals surface area contributed by atoms with E-state index >= 15 is 0 Å². The Hall–Kier alpha value is -1.35. The van der Waals surface area contributed by atoms with Gasteiger partial charge in [0.2, 0.25) is 0 Å². The van der Waals surface area contributed by atoms with E-state index in [4.69, 9.17) is 10.5 Å². The number of carbonyl (C=O) groups is 1. The van der Waals surface area contributed by atoms with E-state index in [0.29, 0.717) is 6.42 Å². The van der Waals surface area contributed by atoms with Crippen molar-refractivity contribution in [3.05, 3.63) is 35.4 Å². The first-order chi connectivity index (χ1) is 7.84. The van der Waals surface area contributed by atoms with E-state index in [1.54, 1.807) is 0 Å². The molecule has 0 aromatic heterocycles. The van der Waals surface area contributed by atoms with E-state index in [9.17, 15) is 4.79 Å². The number of benzene rings is 1. The lowest BCUT2D eigenvalue weighted by Gasteiger charge is -2.30. The Balaban J connectivity index is 3.02. The Bertz CT molecular complexity index is 393. The van der Waals surface area contributed by atoms with Crippen molar-refractivity contribution < 1.29 is 9.53 Å². The molecule has 1 rings (SSSR count). The third kappa shape index (κ3) is 3.86. The molecule has 0 saturated heterocycles. The fraction of sp³-hybridized carbons (Fsp3) is 0.500. The first-order valence-corrected chi connectivity index (χ1v) is 5.77. The van der Waals surface area contributed by atoms with E-state index in [1.165, 1.54) is 12.7 Å². The van der Waals surface area contributed by atoms with Crippen LogP contribution in [0.5, 0.6) is 0 Å². The van der Waals surface area contributed by atoms with E-state index in [1.807, 2.05) is 39.0 Å². The number of aryl methyl sites for hydroxylation is 1. The van der Waals surface area contributed by atoms with Gasteiger partial charge in [-0.3, -0.25) is 4.79 Å². The molecule has 0 aliphatic heterocycles. The summed E-state index contributed by atoms with van der Waals surface area (Å²) in [6.45, 7) is 5.90. The monoisotopic (exact) mass is 235 g/mol. The number of nitrogens with two attached hydrogens (primary N) is 1. The number of ether oxygens (including phenoxy) is 1. The number of hydrogen-bond donors (Lipinski definition) is 1. The Kier molecular flexibility index (Phi) is 4.29. The Morgan fingerprint density at radius 3 is 2.59 bits per heavy atom. The summed E-state index contributed by atoms with van der Waals surface area (Å²) in [7, 11) is 1.40. The van der Waals surface area contributed by atoms with Crippen LogP contribution in [0, 0.1) is 6.92 Å². The largest absolute Gasteiger partial charge is 0.469 e. The maximum Gasteiger partial charge on any atom is 0.306 e. The minimum absolute atomic E-state index is 0.0325. The second-order valence-corrected chi connectivity index (χ2v) is 5.07. The topological polar surface area (TPSA) is 52.3 Å². The van der Waals surface area contributed by atoms with Gasteiger partial charge in [0.25, 0.3) is 0 Å². The predicted octanol–water partition coefficient (Wildman–Crippen LogP) is 2.38. The van der Waals surface area contributed by atoms with Crippen LogP contribution in [0.2, 0.25) is 0 Å². The van der Waals surface area contributed by atoms with Crippen LogP contribution in [-0.4, -0.2) is 18.6 Å². The molecule has 3 nitrogen and oxygen atoms in total. The molecule has 0 bridgehead atoms. The summed E-state index contributed by atoms with van der Waals surface area (Å²) in [6.07, 6.45) is 0.309. The first kappa shape index (κ1) is 13.7. The summed E-state index contributed by atoms with van der Waals surface area (Å²) in [6, 6.07) is 8.10. The second kappa shape index (κ2) is 5.32. The summed E-state index contributed by atoms with van der Waals surface area (Å²) in [5.41, 5.74) is 7.95. The molecule has 0 amide bonds. The molecule has 0 aliphatic carbocycles. The maximum absolute atomic E-state index is 11.4. The molecule has 1 aromatic carbocycles. The predicted molar refractivity (Wildman–Crippen MR) is 68.8 cm³/mol. The normalized spacial score (nSPS) is 13.2. The molecule has 1 aromatic rings. The summed E-state index contributed by atoms with van der Waals surface area (Å²) in [4.78, 5) is 11.4. The van der Waals surface area contributed by atoms with Crippen molar-refractivity contribution in [2.24, 2.45) is 5.73 Å². The average Bonchev–Trinajstić information content (AvgIpc) is 2.23. The van der Waals surface area contributed by atoms with Crippen molar-refractivity contribution in [1.82, 2.24) is 0 Å². The van der Waals surface area contributed by atoms with Crippen LogP contribution in [0.4, 0.5) is 0 Å². The highest BCUT2D eigenvalue weighted by atomic mass is 16.5. The Labute approximate surface area is 103 Å². The van der Waals surface area contributed by atoms with Gasteiger partial charge in [-0.15, -0.1) is 0 Å². The van der Waals surface area contributed by atoms with Crippen LogP contribution < -0.4 is 5.73 Å². The van der Waals surface area contributed by atoms with E-state index in [0.717, 1.165) is 5.56 Å². The zero-order chi connectivity index (χ0) is 13.1. The molecule has 1 unspecified atom stereocenters. The van der Waals surface area contributed by atoms with Crippen LogP contribution in [0.3, 0.4) is 0 Å². The Morgan fingerprint density at radius 2 is 2.12 bits per heavy atom. The molecule has 0 spiro atoms. The average molecular weight is 235 g/mol. The fourth-order valence-electron chi connectivity index (χ4n) is 1.95. The number of hydrogen-bond acceptors (Lipinski definition) is 3. The van der Waals surface area contributed by atoms with Crippen molar-refractivity contribution in [3.8, 4) is 0 Å². The van der Waals surface area contributed by atoms with E-state index < -0.39 is 5.54 Å². The number of methoxy groups -OCH3 is 1. The van der Waals surface area contributed by atoms with Crippen molar-refractivity contribution >= 4 is 5.97 Å². The van der Waals surface area contributed by atoms with Crippen molar-refractivity contribution in [2.75, 3.05) is 7.11 Å². The molecular formula is C14H21NO2. The van der Waals surface area contributed by atoms with Crippen molar-refractivity contribution in [2.45, 2.75) is 38.6 Å². The van der Waals surface area contributed by atoms with Crippen LogP contribution in [0.1, 0.15) is 37.3 Å². The van der Waals surface area contributed by atoms with Crippen molar-refractivity contribution in [3.63, 3.8) is 0 Å². The molecule has 17 heavy (non-hydrogen) atoms. The highest BCUT2D eigenvalue weighted by molar-refractivity contribution is 5.70. The molecule has 0 radical (unpaired) electrons. The molecule has 0 aliphatic rings. The number of carbonyl (C=O) groups excluding carboxylic acids is 1. The summed E-state index contributed by atoms with van der Waals surface area (Å²) < 4.78 is 4.73. The van der Waals surface area contributed by atoms with E-state index in [-0.39, 0.29) is 11.9 Å². The lowest BCUT2D eigenvalue weighted by Crippen LogP contribution is -2.40. The van der Waals surface area contributed by atoms with Gasteiger partial charge in [-0.25, -0.2) is 0 Å². The van der Waals surface area contributed by atoms with Gasteiger partial charge in [-0.2, -0.15) is 0 Å². The highest BCUT2D eigenvalue weighted by Gasteiger charge is 2.29. The van der Waals surface area contributed by atoms with Gasteiger partial charge in [0.1, 0.15) is 0 Å². The van der Waals surface area contributed by atoms with Gasteiger partial charge in [0.15, 0.2) is 0 Å². The minimum Gasteiger partial charge on any atom is -0.469 e. The summed E-state index contributed by atoms with van der Waals surface area (Å²) in [5, 5.41) is 0. The third-order valence-corrected chi connectivity index (χ3v) is 2.94. The van der Waals surface area contributed by atoms with Crippen LogP contribution in [-0.2, 0) is 9.53 Å². The number of esters is 1. The quantitative estimate of drug-likeness (QED) is 0.815. The zero-order valence-corrected chi connectivity index (χ0v) is 11.0. The molecule has 2 N–H and O–H groups in total. The standard InChI is InChI=1S/C14H21NO2/c1-10-6-5-7-11(8-10)12(14(2,3)15)9-13(16)17-4/h5-8,12H,9,15H2,1-4H3. The zero-order valence-electron chi connectivity index (χ0n) is 11.0. The third-order valence-electron chi connectivity index (χ3n) is 2.94. The lowest BCUT2D eigenvalue weighted by molar-refractivity contribution is -0.141. The van der Waals surface area contributed by atoms with E-state index in [2.05, 4.69) is 6.07 Å². The summed E-state index contributed by atoms with van der Waals surface area (Å²) >= 11 is 0. The lowest BCUT2D eigenvalue weighted by atomic mass is 9.80. The minimum atomic E-state index is -0.456. The second-order valence-electron chi connectivity index (χ2n) is 5.07. The SMILES string of the molecule is COC(=O)CC(c1cccc(C)c1)C(C)(C)N. The van der Waals surface area contributed by atoms with Gasteiger partial charge in [0.05, 0.1) is 13.5 Å². The molecule has 0 fully saturated rings.